The second-order valence-electron chi connectivity index (χ2n) is 2.87. The summed E-state index contributed by atoms with van der Waals surface area (Å²) in [7, 11) is 1.94. The van der Waals surface area contributed by atoms with Gasteiger partial charge in [-0.3, -0.25) is 0 Å². The Balaban J connectivity index is 2.44. The largest absolute Gasteiger partial charge is 0.328 e. The fourth-order valence-electron chi connectivity index (χ4n) is 0.890. The first-order valence-corrected chi connectivity index (χ1v) is 3.78. The first kappa shape index (κ1) is 8.20. The van der Waals surface area contributed by atoms with Crippen LogP contribution < -0.4 is 5.73 Å². The summed E-state index contributed by atoms with van der Waals surface area (Å²) in [6.07, 6.45) is 3.58. The number of aromatic nitrogens is 3. The predicted molar refractivity (Wildman–Crippen MR) is 43.0 cm³/mol. The van der Waals surface area contributed by atoms with Gasteiger partial charge in [-0.25, -0.2) is 0 Å². The first-order valence-electron chi connectivity index (χ1n) is 3.78. The molecule has 62 valence electrons. The minimum absolute atomic E-state index is 0.242. The fourth-order valence-corrected chi connectivity index (χ4v) is 0.890. The fraction of sp³-hybridized carbons (Fsp3) is 0.714. The van der Waals surface area contributed by atoms with Crippen LogP contribution in [0.5, 0.6) is 0 Å². The molecule has 2 N–H and O–H groups in total. The van der Waals surface area contributed by atoms with E-state index in [4.69, 9.17) is 5.73 Å². The quantitative estimate of drug-likeness (QED) is 0.671. The molecule has 1 rings (SSSR count). The zero-order valence-electron chi connectivity index (χ0n) is 6.99. The third kappa shape index (κ3) is 2.31. The molecule has 0 aliphatic rings. The van der Waals surface area contributed by atoms with Gasteiger partial charge >= 0.3 is 0 Å². The maximum Gasteiger partial charge on any atom is 0.132 e. The van der Waals surface area contributed by atoms with Crippen molar-refractivity contribution in [2.75, 3.05) is 0 Å². The second-order valence-corrected chi connectivity index (χ2v) is 2.87. The molecule has 0 saturated heterocycles. The summed E-state index contributed by atoms with van der Waals surface area (Å²) in [5.74, 6) is 1.00. The van der Waals surface area contributed by atoms with Crippen LogP contribution in [0.2, 0.25) is 0 Å². The standard InChI is InChI=1S/C7H14N4/c1-6(8)3-4-7-10-9-5-11(7)2/h5-6H,3-4,8H2,1-2H3. The molecule has 1 atom stereocenters. The highest BCUT2D eigenvalue weighted by Gasteiger charge is 2.01. The first-order chi connectivity index (χ1) is 5.20. The highest BCUT2D eigenvalue weighted by molar-refractivity contribution is 4.84. The zero-order chi connectivity index (χ0) is 8.27. The van der Waals surface area contributed by atoms with E-state index in [1.807, 2.05) is 18.5 Å². The number of nitrogens with zero attached hydrogens (tertiary/aromatic N) is 3. The molecule has 0 aliphatic carbocycles. The topological polar surface area (TPSA) is 56.7 Å². The number of nitrogens with two attached hydrogens (primary N) is 1. The molecule has 0 spiro atoms. The van der Waals surface area contributed by atoms with Crippen molar-refractivity contribution >= 4 is 0 Å². The smallest absolute Gasteiger partial charge is 0.132 e. The molecule has 1 unspecified atom stereocenters. The lowest BCUT2D eigenvalue weighted by Crippen LogP contribution is -2.16. The highest BCUT2D eigenvalue weighted by Crippen LogP contribution is 1.98. The summed E-state index contributed by atoms with van der Waals surface area (Å²) in [5.41, 5.74) is 5.60. The number of aryl methyl sites for hydroxylation is 2. The average Bonchev–Trinajstić information content (AvgIpc) is 2.31. The molecule has 0 radical (unpaired) electrons. The zero-order valence-corrected chi connectivity index (χ0v) is 6.99. The Morgan fingerprint density at radius 3 is 2.91 bits per heavy atom. The van der Waals surface area contributed by atoms with Gasteiger partial charge in [-0.05, 0) is 13.3 Å². The maximum absolute atomic E-state index is 5.60. The minimum Gasteiger partial charge on any atom is -0.328 e. The number of rotatable bonds is 3. The van der Waals surface area contributed by atoms with E-state index in [-0.39, 0.29) is 6.04 Å². The summed E-state index contributed by atoms with van der Waals surface area (Å²) in [6.45, 7) is 2.00. The van der Waals surface area contributed by atoms with E-state index in [9.17, 15) is 0 Å². The third-order valence-corrected chi connectivity index (χ3v) is 1.63. The SMILES string of the molecule is CC(N)CCc1nncn1C. The van der Waals surface area contributed by atoms with Gasteiger partial charge in [0.05, 0.1) is 0 Å². The molecule has 0 amide bonds. The van der Waals surface area contributed by atoms with Crippen LogP contribution in [0, 0.1) is 0 Å². The normalized spacial score (nSPS) is 13.4. The van der Waals surface area contributed by atoms with Gasteiger partial charge in [0, 0.05) is 19.5 Å². The van der Waals surface area contributed by atoms with Crippen LogP contribution in [0.1, 0.15) is 19.2 Å². The van der Waals surface area contributed by atoms with Gasteiger partial charge in [-0.1, -0.05) is 0 Å². The van der Waals surface area contributed by atoms with Crippen LogP contribution in [-0.2, 0) is 13.5 Å². The van der Waals surface area contributed by atoms with E-state index in [0.717, 1.165) is 18.7 Å². The molecular formula is C7H14N4. The predicted octanol–water partition coefficient (Wildman–Crippen LogP) is 0.0949. The minimum atomic E-state index is 0.242. The van der Waals surface area contributed by atoms with E-state index < -0.39 is 0 Å². The van der Waals surface area contributed by atoms with Crippen LogP contribution in [0.15, 0.2) is 6.33 Å². The van der Waals surface area contributed by atoms with E-state index in [1.165, 1.54) is 0 Å². The van der Waals surface area contributed by atoms with Crippen LogP contribution in [0.25, 0.3) is 0 Å². The van der Waals surface area contributed by atoms with Crippen molar-refractivity contribution in [1.29, 1.82) is 0 Å². The van der Waals surface area contributed by atoms with Gasteiger partial charge in [-0.2, -0.15) is 0 Å². The lowest BCUT2D eigenvalue weighted by Gasteiger charge is -2.02. The summed E-state index contributed by atoms with van der Waals surface area (Å²) in [5, 5.41) is 7.72. The Bertz CT molecular complexity index is 216. The van der Waals surface area contributed by atoms with Gasteiger partial charge in [0.25, 0.3) is 0 Å². The van der Waals surface area contributed by atoms with Crippen molar-refractivity contribution < 1.29 is 0 Å². The molecule has 11 heavy (non-hydrogen) atoms. The van der Waals surface area contributed by atoms with Crippen molar-refractivity contribution in [1.82, 2.24) is 14.8 Å². The Kier molecular flexibility index (Phi) is 2.59. The molecule has 0 aromatic carbocycles. The monoisotopic (exact) mass is 154 g/mol. The summed E-state index contributed by atoms with van der Waals surface area (Å²) < 4.78 is 1.92. The Morgan fingerprint density at radius 1 is 1.73 bits per heavy atom. The van der Waals surface area contributed by atoms with E-state index in [0.29, 0.717) is 0 Å². The van der Waals surface area contributed by atoms with E-state index in [1.54, 1.807) is 6.33 Å². The summed E-state index contributed by atoms with van der Waals surface area (Å²) in [6, 6.07) is 0.242. The van der Waals surface area contributed by atoms with Crippen molar-refractivity contribution in [3.05, 3.63) is 12.2 Å². The lowest BCUT2D eigenvalue weighted by molar-refractivity contribution is 0.631. The van der Waals surface area contributed by atoms with Crippen molar-refractivity contribution in [2.45, 2.75) is 25.8 Å². The maximum atomic E-state index is 5.60. The third-order valence-electron chi connectivity index (χ3n) is 1.63. The van der Waals surface area contributed by atoms with Gasteiger partial charge in [0.15, 0.2) is 0 Å². The molecule has 4 nitrogen and oxygen atoms in total. The molecule has 0 bridgehead atoms. The molecule has 1 aromatic heterocycles. The Hall–Kier alpha value is -0.900. The highest BCUT2D eigenvalue weighted by atomic mass is 15.2. The molecule has 0 fully saturated rings. The summed E-state index contributed by atoms with van der Waals surface area (Å²) >= 11 is 0. The van der Waals surface area contributed by atoms with Crippen LogP contribution in [0.4, 0.5) is 0 Å². The van der Waals surface area contributed by atoms with Crippen LogP contribution in [-0.4, -0.2) is 20.8 Å². The molecule has 1 heterocycles. The Morgan fingerprint density at radius 2 is 2.45 bits per heavy atom. The van der Waals surface area contributed by atoms with E-state index in [2.05, 4.69) is 10.2 Å². The number of hydrogen-bond acceptors (Lipinski definition) is 3. The molecule has 0 saturated carbocycles. The second kappa shape index (κ2) is 3.48. The lowest BCUT2D eigenvalue weighted by atomic mass is 10.2. The van der Waals surface area contributed by atoms with Gasteiger partial charge in [0.1, 0.15) is 12.2 Å². The van der Waals surface area contributed by atoms with Gasteiger partial charge < -0.3 is 10.3 Å². The molecule has 0 aliphatic heterocycles. The van der Waals surface area contributed by atoms with Crippen molar-refractivity contribution in [3.63, 3.8) is 0 Å². The van der Waals surface area contributed by atoms with Gasteiger partial charge in [-0.15, -0.1) is 10.2 Å². The molecule has 1 aromatic rings. The van der Waals surface area contributed by atoms with Crippen LogP contribution in [0.3, 0.4) is 0 Å². The Labute approximate surface area is 66.4 Å². The average molecular weight is 154 g/mol. The van der Waals surface area contributed by atoms with Gasteiger partial charge in [0.2, 0.25) is 0 Å². The molecule has 4 heteroatoms. The van der Waals surface area contributed by atoms with Crippen molar-refractivity contribution in [3.8, 4) is 0 Å². The van der Waals surface area contributed by atoms with Crippen LogP contribution >= 0.6 is 0 Å². The summed E-state index contributed by atoms with van der Waals surface area (Å²) in [4.78, 5) is 0. The number of hydrogen-bond donors (Lipinski definition) is 1. The van der Waals surface area contributed by atoms with E-state index >= 15 is 0 Å². The molecular weight excluding hydrogens is 140 g/mol. The van der Waals surface area contributed by atoms with Crippen molar-refractivity contribution in [2.24, 2.45) is 12.8 Å².